The van der Waals surface area contributed by atoms with Gasteiger partial charge in [-0.05, 0) is 61.1 Å². The fraction of sp³-hybridized carbons (Fsp3) is 0.387. The van der Waals surface area contributed by atoms with Crippen LogP contribution in [0.25, 0.3) is 0 Å². The van der Waals surface area contributed by atoms with Crippen LogP contribution in [-0.4, -0.2) is 67.8 Å². The number of methoxy groups -OCH3 is 1. The van der Waals surface area contributed by atoms with E-state index in [2.05, 4.69) is 10.6 Å². The van der Waals surface area contributed by atoms with E-state index < -0.39 is 6.04 Å². The van der Waals surface area contributed by atoms with Gasteiger partial charge in [0, 0.05) is 37.7 Å². The van der Waals surface area contributed by atoms with E-state index in [1.165, 1.54) is 7.11 Å². The Kier molecular flexibility index (Phi) is 9.70. The molecule has 2 aliphatic rings. The summed E-state index contributed by atoms with van der Waals surface area (Å²) in [6.07, 6.45) is 2.88. The van der Waals surface area contributed by atoms with E-state index in [0.29, 0.717) is 73.4 Å². The van der Waals surface area contributed by atoms with E-state index in [4.69, 9.17) is 18.6 Å². The molecule has 0 saturated carbocycles. The van der Waals surface area contributed by atoms with Gasteiger partial charge in [-0.15, -0.1) is 0 Å². The Balaban J connectivity index is 1.34. The van der Waals surface area contributed by atoms with E-state index in [0.717, 1.165) is 11.3 Å². The standard InChI is InChI=1S/C31H35N3O7S/c1-38-24-14-21-15-25(16-24)40-22-6-3-5-20(13-22)18-39-27-10-12-34(31(37)28-9-8-23(41-28)19-42-2)17-26(27)33-29(35)7-4-11-32-30(21)36/h3,5-6,8-9,13-16,26-27H,4,7,10-12,17-19H2,1-2H3,(H,32,36)(H,33,35)/t26-,27-/m0/s1. The highest BCUT2D eigenvalue weighted by atomic mass is 32.2. The monoisotopic (exact) mass is 593 g/mol. The van der Waals surface area contributed by atoms with E-state index >= 15 is 0 Å². The van der Waals surface area contributed by atoms with E-state index in [1.54, 1.807) is 40.9 Å². The van der Waals surface area contributed by atoms with Gasteiger partial charge in [0.15, 0.2) is 5.76 Å². The molecule has 4 bridgehead atoms. The Hall–Kier alpha value is -3.96. The first-order valence-corrected chi connectivity index (χ1v) is 15.3. The summed E-state index contributed by atoms with van der Waals surface area (Å²) in [5.41, 5.74) is 1.27. The van der Waals surface area contributed by atoms with Gasteiger partial charge in [0.05, 0.1) is 31.6 Å². The second-order valence-electron chi connectivity index (χ2n) is 10.3. The van der Waals surface area contributed by atoms with E-state index in [9.17, 15) is 14.4 Å². The average molecular weight is 594 g/mol. The summed E-state index contributed by atoms with van der Waals surface area (Å²) < 4.78 is 23.5. The zero-order valence-corrected chi connectivity index (χ0v) is 24.5. The zero-order valence-electron chi connectivity index (χ0n) is 23.7. The van der Waals surface area contributed by atoms with Crippen molar-refractivity contribution in [2.24, 2.45) is 0 Å². The highest BCUT2D eigenvalue weighted by Gasteiger charge is 2.34. The summed E-state index contributed by atoms with van der Waals surface area (Å²) in [5.74, 6) is 2.61. The minimum Gasteiger partial charge on any atom is -0.497 e. The first-order valence-electron chi connectivity index (χ1n) is 13.9. The summed E-state index contributed by atoms with van der Waals surface area (Å²) in [5, 5.41) is 5.94. The fourth-order valence-electron chi connectivity index (χ4n) is 5.07. The molecular weight excluding hydrogens is 558 g/mol. The summed E-state index contributed by atoms with van der Waals surface area (Å²) in [4.78, 5) is 40.8. The number of likely N-dealkylation sites (tertiary alicyclic amines) is 1. The number of nitrogens with zero attached hydrogens (tertiary/aromatic N) is 1. The highest BCUT2D eigenvalue weighted by Crippen LogP contribution is 2.29. The number of fused-ring (bicyclic) bond motifs is 5. The zero-order chi connectivity index (χ0) is 29.5. The maximum absolute atomic E-state index is 13.2. The minimum atomic E-state index is -0.406. The molecule has 42 heavy (non-hydrogen) atoms. The van der Waals surface area contributed by atoms with Crippen LogP contribution in [-0.2, 0) is 21.9 Å². The van der Waals surface area contributed by atoms with Gasteiger partial charge >= 0.3 is 0 Å². The molecular formula is C31H35N3O7S. The van der Waals surface area contributed by atoms with Gasteiger partial charge in [0.2, 0.25) is 5.91 Å². The Morgan fingerprint density at radius 1 is 1.12 bits per heavy atom. The third-order valence-corrected chi connectivity index (χ3v) is 7.76. The Bertz CT molecular complexity index is 1430. The van der Waals surface area contributed by atoms with Crippen LogP contribution in [0.5, 0.6) is 17.2 Å². The molecule has 1 saturated heterocycles. The second kappa shape index (κ2) is 13.8. The van der Waals surface area contributed by atoms with Crippen LogP contribution in [0.15, 0.2) is 59.0 Å². The molecule has 0 spiro atoms. The first-order chi connectivity index (χ1) is 20.4. The number of carbonyl (C=O) groups excluding carboxylic acids is 3. The predicted molar refractivity (Wildman–Crippen MR) is 158 cm³/mol. The minimum absolute atomic E-state index is 0.169. The molecule has 1 fully saturated rings. The molecule has 0 unspecified atom stereocenters. The number of hydrogen-bond acceptors (Lipinski definition) is 8. The molecule has 0 radical (unpaired) electrons. The lowest BCUT2D eigenvalue weighted by Crippen LogP contribution is -2.57. The SMILES string of the molecule is COc1cc2cc(c1)C(=O)NCCCC(=O)N[C@H]1CN(C(=O)c3ccc(CSC)o3)CC[C@@H]1OCc1cccc(c1)O2. The molecule has 2 N–H and O–H groups in total. The normalized spacial score (nSPS) is 19.8. The van der Waals surface area contributed by atoms with Crippen molar-refractivity contribution < 1.29 is 33.0 Å². The van der Waals surface area contributed by atoms with Gasteiger partial charge in [-0.3, -0.25) is 14.4 Å². The summed E-state index contributed by atoms with van der Waals surface area (Å²) in [6, 6.07) is 15.6. The van der Waals surface area contributed by atoms with Crippen molar-refractivity contribution in [3.63, 3.8) is 0 Å². The summed E-state index contributed by atoms with van der Waals surface area (Å²) in [7, 11) is 1.53. The molecule has 3 heterocycles. The number of nitrogens with one attached hydrogen (secondary N) is 2. The molecule has 5 rings (SSSR count). The van der Waals surface area contributed by atoms with Crippen molar-refractivity contribution >= 4 is 29.5 Å². The largest absolute Gasteiger partial charge is 0.497 e. The Morgan fingerprint density at radius 3 is 2.83 bits per heavy atom. The molecule has 2 aliphatic heterocycles. The van der Waals surface area contributed by atoms with Crippen LogP contribution < -0.4 is 20.1 Å². The molecule has 222 valence electrons. The van der Waals surface area contributed by atoms with Crippen molar-refractivity contribution in [2.45, 2.75) is 43.8 Å². The maximum Gasteiger partial charge on any atom is 0.289 e. The lowest BCUT2D eigenvalue weighted by Gasteiger charge is -2.38. The molecule has 11 heteroatoms. The molecule has 1 aromatic heterocycles. The maximum atomic E-state index is 13.2. The number of piperidine rings is 1. The number of thioether (sulfide) groups is 1. The number of amides is 3. The number of benzene rings is 2. The van der Waals surface area contributed by atoms with Crippen molar-refractivity contribution in [3.8, 4) is 17.2 Å². The van der Waals surface area contributed by atoms with Crippen LogP contribution in [0.1, 0.15) is 51.5 Å². The second-order valence-corrected chi connectivity index (χ2v) is 11.1. The van der Waals surface area contributed by atoms with Gasteiger partial charge in [-0.2, -0.15) is 11.8 Å². The molecule has 0 aliphatic carbocycles. The highest BCUT2D eigenvalue weighted by molar-refractivity contribution is 7.97. The predicted octanol–water partition coefficient (Wildman–Crippen LogP) is 4.38. The van der Waals surface area contributed by atoms with Crippen molar-refractivity contribution in [3.05, 3.63) is 77.2 Å². The van der Waals surface area contributed by atoms with Crippen molar-refractivity contribution in [1.82, 2.24) is 15.5 Å². The lowest BCUT2D eigenvalue weighted by molar-refractivity contribution is -0.124. The topological polar surface area (TPSA) is 119 Å². The molecule has 10 nitrogen and oxygen atoms in total. The van der Waals surface area contributed by atoms with Gasteiger partial charge in [0.25, 0.3) is 11.8 Å². The third kappa shape index (κ3) is 7.46. The number of furan rings is 1. The quantitative estimate of drug-likeness (QED) is 0.458. The van der Waals surface area contributed by atoms with Crippen LogP contribution in [0.4, 0.5) is 0 Å². The van der Waals surface area contributed by atoms with Gasteiger partial charge < -0.3 is 34.2 Å². The fourth-order valence-corrected chi connectivity index (χ4v) is 5.51. The number of rotatable bonds is 4. The number of carbonyl (C=O) groups is 3. The average Bonchev–Trinajstić information content (AvgIpc) is 3.46. The van der Waals surface area contributed by atoms with Gasteiger partial charge in [-0.1, -0.05) is 12.1 Å². The van der Waals surface area contributed by atoms with Gasteiger partial charge in [-0.25, -0.2) is 0 Å². The number of hydrogen-bond donors (Lipinski definition) is 2. The summed E-state index contributed by atoms with van der Waals surface area (Å²) in [6.45, 7) is 1.38. The molecule has 3 aromatic rings. The van der Waals surface area contributed by atoms with E-state index in [1.807, 2.05) is 36.6 Å². The third-order valence-electron chi connectivity index (χ3n) is 7.18. The Labute approximate surface area is 249 Å². The summed E-state index contributed by atoms with van der Waals surface area (Å²) >= 11 is 1.62. The van der Waals surface area contributed by atoms with Crippen LogP contribution in [0.3, 0.4) is 0 Å². The smallest absolute Gasteiger partial charge is 0.289 e. The molecule has 3 amide bonds. The van der Waals surface area contributed by atoms with Crippen molar-refractivity contribution in [2.75, 3.05) is 33.0 Å². The van der Waals surface area contributed by atoms with Crippen LogP contribution >= 0.6 is 11.8 Å². The lowest BCUT2D eigenvalue weighted by atomic mass is 10.0. The first kappa shape index (κ1) is 29.5. The van der Waals surface area contributed by atoms with E-state index in [-0.39, 0.29) is 30.2 Å². The Morgan fingerprint density at radius 2 is 2.00 bits per heavy atom. The molecule has 2 aromatic carbocycles. The van der Waals surface area contributed by atoms with Crippen molar-refractivity contribution in [1.29, 1.82) is 0 Å². The van der Waals surface area contributed by atoms with Gasteiger partial charge in [0.1, 0.15) is 23.0 Å². The van der Waals surface area contributed by atoms with Crippen LogP contribution in [0.2, 0.25) is 0 Å². The van der Waals surface area contributed by atoms with Crippen LogP contribution in [0, 0.1) is 0 Å². The molecule has 2 atom stereocenters. The number of ether oxygens (including phenoxy) is 3.